The van der Waals surface area contributed by atoms with E-state index >= 15 is 0 Å². The van der Waals surface area contributed by atoms with Crippen molar-refractivity contribution in [2.24, 2.45) is 0 Å². The molecule has 3 aromatic carbocycles. The van der Waals surface area contributed by atoms with Crippen molar-refractivity contribution in [3.8, 4) is 17.2 Å². The molecule has 0 unspecified atom stereocenters. The van der Waals surface area contributed by atoms with Crippen LogP contribution < -0.4 is 13.7 Å². The van der Waals surface area contributed by atoms with Gasteiger partial charge in [0.25, 0.3) is 0 Å². The summed E-state index contributed by atoms with van der Waals surface area (Å²) < 4.78 is 54.4. The Morgan fingerprint density at radius 2 is 1.65 bits per heavy atom. The van der Waals surface area contributed by atoms with E-state index in [1.165, 1.54) is 50.3 Å². The Kier molecular flexibility index (Phi) is 11.6. The fourth-order valence-electron chi connectivity index (χ4n) is 2.79. The molecule has 0 aliphatic rings. The van der Waals surface area contributed by atoms with Crippen LogP contribution in [0.1, 0.15) is 21.5 Å². The van der Waals surface area contributed by atoms with Crippen molar-refractivity contribution in [2.75, 3.05) is 0 Å². The lowest BCUT2D eigenvalue weighted by molar-refractivity contribution is -0.275. The van der Waals surface area contributed by atoms with Crippen LogP contribution in [-0.4, -0.2) is 12.3 Å². The molecule has 0 fully saturated rings. The number of esters is 1. The molecule has 0 bridgehead atoms. The van der Waals surface area contributed by atoms with Gasteiger partial charge in [-0.25, -0.2) is 4.79 Å². The van der Waals surface area contributed by atoms with Gasteiger partial charge in [0, 0.05) is 59.4 Å². The first-order valence-electron chi connectivity index (χ1n) is 9.94. The highest BCUT2D eigenvalue weighted by Gasteiger charge is 2.35. The quantitative estimate of drug-likeness (QED) is 0.0836. The zero-order valence-corrected chi connectivity index (χ0v) is 25.9. The first kappa shape index (κ1) is 30.7. The number of hydrogen-bond donors (Lipinski definition) is 0. The fraction of sp³-hybridized carbons (Fsp3) is 0.136. The Balaban J connectivity index is 1.79. The summed E-state index contributed by atoms with van der Waals surface area (Å²) in [6.45, 7) is -1.38. The molecular weight excluding hydrogens is 690 g/mol. The standard InChI is InChI=1S/C22H16BrF3O4S7/c1-14-19(21(27)28-16-10-6-3-7-11-16)18(12-17(23)20(14)29-22(24,25)26)30-37(31,32)36-35-34-33-13-15-8-4-2-5-9-15/h2-12H,13H2,1H3. The molecule has 37 heavy (non-hydrogen) atoms. The van der Waals surface area contributed by atoms with Crippen LogP contribution in [0.15, 0.2) is 71.2 Å². The van der Waals surface area contributed by atoms with Gasteiger partial charge in [-0.2, -0.15) is 0 Å². The van der Waals surface area contributed by atoms with Crippen molar-refractivity contribution in [1.82, 2.24) is 0 Å². The smallest absolute Gasteiger partial charge is 0.423 e. The molecule has 0 radical (unpaired) electrons. The van der Waals surface area contributed by atoms with Gasteiger partial charge in [0.15, 0.2) is 5.75 Å². The third-order valence-corrected chi connectivity index (χ3v) is 17.5. The molecule has 15 heteroatoms. The van der Waals surface area contributed by atoms with Crippen LogP contribution in [0.4, 0.5) is 13.2 Å². The molecule has 198 valence electrons. The molecule has 0 atom stereocenters. The van der Waals surface area contributed by atoms with Crippen LogP contribution >= 0.6 is 56.2 Å². The highest BCUT2D eigenvalue weighted by Crippen LogP contribution is 2.48. The molecule has 0 heterocycles. The minimum atomic E-state index is -4.98. The average molecular weight is 706 g/mol. The van der Waals surface area contributed by atoms with Crippen LogP contribution in [0.3, 0.4) is 0 Å². The second-order valence-corrected chi connectivity index (χ2v) is 21.4. The van der Waals surface area contributed by atoms with Crippen LogP contribution in [0.5, 0.6) is 17.2 Å². The molecule has 3 aromatic rings. The number of benzene rings is 3. The largest absolute Gasteiger partial charge is 0.573 e. The SMILES string of the molecule is Cc1c(OC(F)(F)F)c(Br)cc(OS(=S)(=S)SSSSCc2ccccc2)c1C(=O)Oc1ccccc1. The Labute approximate surface area is 244 Å². The van der Waals surface area contributed by atoms with Crippen molar-refractivity contribution in [1.29, 1.82) is 0 Å². The topological polar surface area (TPSA) is 44.8 Å². The maximum absolute atomic E-state index is 13.1. The van der Waals surface area contributed by atoms with E-state index in [0.717, 1.165) is 15.6 Å². The highest BCUT2D eigenvalue weighted by molar-refractivity contribution is 9.38. The van der Waals surface area contributed by atoms with E-state index < -0.39 is 24.5 Å². The maximum atomic E-state index is 13.1. The Hall–Kier alpha value is -0.810. The van der Waals surface area contributed by atoms with Crippen LogP contribution in [0.2, 0.25) is 0 Å². The summed E-state index contributed by atoms with van der Waals surface area (Å²) in [6.07, 6.45) is -4.98. The van der Waals surface area contributed by atoms with E-state index in [-0.39, 0.29) is 27.1 Å². The number of carbonyl (C=O) groups is 1. The fourth-order valence-corrected chi connectivity index (χ4v) is 16.8. The molecule has 0 saturated carbocycles. The number of para-hydroxylation sites is 1. The van der Waals surface area contributed by atoms with Crippen LogP contribution in [0.25, 0.3) is 0 Å². The van der Waals surface area contributed by atoms with Gasteiger partial charge in [-0.3, -0.25) is 0 Å². The predicted molar refractivity (Wildman–Crippen MR) is 160 cm³/mol. The van der Waals surface area contributed by atoms with Gasteiger partial charge in [-0.1, -0.05) is 59.3 Å². The third kappa shape index (κ3) is 10.0. The molecule has 0 aliphatic carbocycles. The summed E-state index contributed by atoms with van der Waals surface area (Å²) in [4.78, 5) is 13.1. The number of hydrogen-bond acceptors (Lipinski definition) is 10. The summed E-state index contributed by atoms with van der Waals surface area (Å²) in [7, 11) is 5.53. The lowest BCUT2D eigenvalue weighted by Gasteiger charge is -2.20. The lowest BCUT2D eigenvalue weighted by atomic mass is 10.1. The zero-order valence-electron chi connectivity index (χ0n) is 18.6. The first-order valence-corrected chi connectivity index (χ1v) is 19.6. The van der Waals surface area contributed by atoms with Gasteiger partial charge in [0.1, 0.15) is 23.5 Å². The van der Waals surface area contributed by atoms with E-state index in [2.05, 4.69) is 20.7 Å². The molecular formula is C22H16BrF3O4S7. The van der Waals surface area contributed by atoms with Gasteiger partial charge in [-0.15, -0.1) is 13.2 Å². The van der Waals surface area contributed by atoms with Gasteiger partial charge >= 0.3 is 12.3 Å². The lowest BCUT2D eigenvalue weighted by Crippen LogP contribution is -2.20. The summed E-state index contributed by atoms with van der Waals surface area (Å²) in [5.41, 5.74) is 0.753. The number of rotatable bonds is 11. The summed E-state index contributed by atoms with van der Waals surface area (Å²) >= 11 is 14.0. The Morgan fingerprint density at radius 1 is 1.03 bits per heavy atom. The number of halogens is 4. The molecule has 3 rings (SSSR count). The molecule has 0 aromatic heterocycles. The Morgan fingerprint density at radius 3 is 2.27 bits per heavy atom. The molecule has 0 aliphatic heterocycles. The summed E-state index contributed by atoms with van der Waals surface area (Å²) in [5.74, 6) is -0.659. The highest BCUT2D eigenvalue weighted by atomic mass is 79.9. The van der Waals surface area contributed by atoms with Gasteiger partial charge in [0.05, 0.1) is 4.47 Å². The molecule has 0 spiro atoms. The van der Waals surface area contributed by atoms with Gasteiger partial charge in [-0.05, 0) is 50.4 Å². The van der Waals surface area contributed by atoms with Crippen LogP contribution in [0, 0.1) is 6.92 Å². The van der Waals surface area contributed by atoms with Crippen LogP contribution in [-0.2, 0) is 34.6 Å². The van der Waals surface area contributed by atoms with Crippen molar-refractivity contribution < 1.29 is 31.6 Å². The average Bonchev–Trinajstić information content (AvgIpc) is 2.82. The maximum Gasteiger partial charge on any atom is 0.573 e. The molecule has 0 amide bonds. The van der Waals surface area contributed by atoms with E-state index in [1.807, 2.05) is 30.3 Å². The zero-order chi connectivity index (χ0) is 27.1. The monoisotopic (exact) mass is 704 g/mol. The van der Waals surface area contributed by atoms with Gasteiger partial charge < -0.3 is 13.7 Å². The van der Waals surface area contributed by atoms with Crippen molar-refractivity contribution in [2.45, 2.75) is 19.0 Å². The number of alkyl halides is 3. The van der Waals surface area contributed by atoms with E-state index in [0.29, 0.717) is 0 Å². The second-order valence-electron chi connectivity index (χ2n) is 6.88. The van der Waals surface area contributed by atoms with E-state index in [4.69, 9.17) is 31.3 Å². The predicted octanol–water partition coefficient (Wildman–Crippen LogP) is 9.04. The Bertz CT molecular complexity index is 1330. The van der Waals surface area contributed by atoms with Crippen molar-refractivity contribution in [3.63, 3.8) is 0 Å². The number of carbonyl (C=O) groups excluding carboxylic acids is 1. The number of ether oxygens (including phenoxy) is 2. The van der Waals surface area contributed by atoms with Crippen molar-refractivity contribution in [3.05, 3.63) is 87.9 Å². The van der Waals surface area contributed by atoms with Crippen molar-refractivity contribution >= 4 is 91.0 Å². The third-order valence-electron chi connectivity index (χ3n) is 4.26. The van der Waals surface area contributed by atoms with E-state index in [9.17, 15) is 18.0 Å². The minimum absolute atomic E-state index is 0.0840. The molecule has 4 nitrogen and oxygen atoms in total. The summed E-state index contributed by atoms with van der Waals surface area (Å²) in [5, 5.41) is 0. The van der Waals surface area contributed by atoms with Gasteiger partial charge in [0.2, 0.25) is 0 Å². The minimum Gasteiger partial charge on any atom is -0.423 e. The summed E-state index contributed by atoms with van der Waals surface area (Å²) in [6, 6.07) is 19.2. The normalized spacial score (nSPS) is 11.7. The van der Waals surface area contributed by atoms with E-state index in [1.54, 1.807) is 29.0 Å². The molecule has 0 saturated heterocycles. The molecule has 0 N–H and O–H groups in total. The second kappa shape index (κ2) is 14.0. The first-order chi connectivity index (χ1) is 17.5.